The molecule has 0 aliphatic carbocycles. The van der Waals surface area contributed by atoms with Crippen LogP contribution in [0, 0.1) is 0 Å². The number of benzene rings is 2. The van der Waals surface area contributed by atoms with Gasteiger partial charge in [-0.3, -0.25) is 0 Å². The van der Waals surface area contributed by atoms with Crippen LogP contribution in [0.3, 0.4) is 0 Å². The maximum Gasteiger partial charge on any atom is 0.211 e. The molecule has 0 aliphatic rings. The lowest BCUT2D eigenvalue weighted by atomic mass is 10.1. The van der Waals surface area contributed by atoms with Crippen LogP contribution in [0.5, 0.6) is 5.75 Å². The number of nitrogens with zero attached hydrogens (tertiary/aromatic N) is 1. The quantitative estimate of drug-likeness (QED) is 0.707. The third-order valence-electron chi connectivity index (χ3n) is 4.17. The van der Waals surface area contributed by atoms with Gasteiger partial charge in [-0.2, -0.15) is 0 Å². The first-order chi connectivity index (χ1) is 12.3. The van der Waals surface area contributed by atoms with Gasteiger partial charge >= 0.3 is 0 Å². The molecule has 7 heteroatoms. The summed E-state index contributed by atoms with van der Waals surface area (Å²) in [4.78, 5) is 1.98. The second-order valence-electron chi connectivity index (χ2n) is 6.30. The highest BCUT2D eigenvalue weighted by Crippen LogP contribution is 2.20. The minimum absolute atomic E-state index is 0.0287. The number of methoxy groups -OCH3 is 1. The zero-order valence-electron chi connectivity index (χ0n) is 15.3. The molecule has 142 valence electrons. The molecule has 2 rings (SSSR count). The number of aryl methyl sites for hydroxylation is 1. The Balaban J connectivity index is 1.97. The van der Waals surface area contributed by atoms with Gasteiger partial charge in [-0.1, -0.05) is 35.9 Å². The summed E-state index contributed by atoms with van der Waals surface area (Å²) in [5.74, 6) is 0.754. The van der Waals surface area contributed by atoms with E-state index in [0.29, 0.717) is 18.0 Å². The highest BCUT2D eigenvalue weighted by Gasteiger charge is 2.18. The molecule has 0 heterocycles. The van der Waals surface area contributed by atoms with Crippen molar-refractivity contribution in [3.8, 4) is 5.75 Å². The fraction of sp³-hybridized carbons (Fsp3) is 0.368. The molecule has 1 N–H and O–H groups in total. The molecule has 1 atom stereocenters. The largest absolute Gasteiger partial charge is 0.497 e. The van der Waals surface area contributed by atoms with Gasteiger partial charge < -0.3 is 9.64 Å². The van der Waals surface area contributed by atoms with Crippen molar-refractivity contribution in [1.29, 1.82) is 0 Å². The average molecular weight is 397 g/mol. The minimum atomic E-state index is -3.39. The van der Waals surface area contributed by atoms with Crippen molar-refractivity contribution in [2.75, 3.05) is 33.5 Å². The van der Waals surface area contributed by atoms with E-state index in [9.17, 15) is 8.42 Å². The van der Waals surface area contributed by atoms with Crippen molar-refractivity contribution in [1.82, 2.24) is 9.62 Å². The molecule has 0 fully saturated rings. The topological polar surface area (TPSA) is 58.6 Å². The summed E-state index contributed by atoms with van der Waals surface area (Å²) in [5, 5.41) is 0.658. The standard InChI is InChI=1S/C19H25ClN2O3S/c1-22(2)19(16-7-9-17(20)10-8-16)14-21-26(23,24)12-11-15-5-4-6-18(13-15)25-3/h4-10,13,19,21H,11-12,14H2,1-3H3. The smallest absolute Gasteiger partial charge is 0.211 e. The number of sulfonamides is 1. The van der Waals surface area contributed by atoms with E-state index in [1.54, 1.807) is 7.11 Å². The van der Waals surface area contributed by atoms with Crippen molar-refractivity contribution >= 4 is 21.6 Å². The van der Waals surface area contributed by atoms with Gasteiger partial charge in [0.05, 0.1) is 12.9 Å². The predicted octanol–water partition coefficient (Wildman–Crippen LogP) is 3.11. The molecule has 0 saturated heterocycles. The van der Waals surface area contributed by atoms with Crippen LogP contribution < -0.4 is 9.46 Å². The number of likely N-dealkylation sites (N-methyl/N-ethyl adjacent to an activating group) is 1. The summed E-state index contributed by atoms with van der Waals surface area (Å²) in [5.41, 5.74) is 1.94. The third-order valence-corrected chi connectivity index (χ3v) is 5.77. The Labute approximate surface area is 161 Å². The molecule has 0 aliphatic heterocycles. The fourth-order valence-electron chi connectivity index (χ4n) is 2.64. The van der Waals surface area contributed by atoms with Crippen LogP contribution in [-0.4, -0.2) is 46.8 Å². The Morgan fingerprint density at radius 3 is 2.46 bits per heavy atom. The van der Waals surface area contributed by atoms with Crippen LogP contribution in [0.2, 0.25) is 5.02 Å². The molecule has 0 aromatic heterocycles. The van der Waals surface area contributed by atoms with Gasteiger partial charge in [-0.25, -0.2) is 13.1 Å². The lowest BCUT2D eigenvalue weighted by Gasteiger charge is -2.25. The summed E-state index contributed by atoms with van der Waals surface area (Å²) in [6.07, 6.45) is 0.431. The van der Waals surface area contributed by atoms with E-state index in [2.05, 4.69) is 4.72 Å². The Morgan fingerprint density at radius 2 is 1.85 bits per heavy atom. The Morgan fingerprint density at radius 1 is 1.15 bits per heavy atom. The molecule has 0 amide bonds. The normalized spacial score (nSPS) is 13.0. The number of rotatable bonds is 9. The summed E-state index contributed by atoms with van der Waals surface area (Å²) in [6, 6.07) is 14.8. The number of hydrogen-bond acceptors (Lipinski definition) is 4. The van der Waals surface area contributed by atoms with E-state index in [4.69, 9.17) is 16.3 Å². The first-order valence-electron chi connectivity index (χ1n) is 8.33. The molecule has 2 aromatic rings. The van der Waals surface area contributed by atoms with Crippen LogP contribution in [-0.2, 0) is 16.4 Å². The van der Waals surface area contributed by atoms with Crippen LogP contribution in [0.15, 0.2) is 48.5 Å². The van der Waals surface area contributed by atoms with Gasteiger partial charge in [-0.15, -0.1) is 0 Å². The van der Waals surface area contributed by atoms with Gasteiger partial charge in [0.2, 0.25) is 10.0 Å². The molecule has 0 spiro atoms. The third kappa shape index (κ3) is 6.29. The monoisotopic (exact) mass is 396 g/mol. The van der Waals surface area contributed by atoms with Crippen LogP contribution >= 0.6 is 11.6 Å². The van der Waals surface area contributed by atoms with E-state index in [1.165, 1.54) is 0 Å². The SMILES string of the molecule is COc1cccc(CCS(=O)(=O)NCC(c2ccc(Cl)cc2)N(C)C)c1. The maximum absolute atomic E-state index is 12.4. The average Bonchev–Trinajstić information content (AvgIpc) is 2.61. The van der Waals surface area contributed by atoms with Crippen LogP contribution in [0.4, 0.5) is 0 Å². The van der Waals surface area contributed by atoms with E-state index in [0.717, 1.165) is 16.9 Å². The molecule has 26 heavy (non-hydrogen) atoms. The molecule has 0 saturated carbocycles. The second-order valence-corrected chi connectivity index (χ2v) is 8.66. The highest BCUT2D eigenvalue weighted by molar-refractivity contribution is 7.89. The summed E-state index contributed by atoms with van der Waals surface area (Å²) >= 11 is 5.93. The van der Waals surface area contributed by atoms with Gasteiger partial charge in [-0.05, 0) is 55.9 Å². The van der Waals surface area contributed by atoms with Gasteiger partial charge in [0, 0.05) is 17.6 Å². The van der Waals surface area contributed by atoms with Crippen molar-refractivity contribution in [3.63, 3.8) is 0 Å². The van der Waals surface area contributed by atoms with Gasteiger partial charge in [0.25, 0.3) is 0 Å². The van der Waals surface area contributed by atoms with E-state index in [1.807, 2.05) is 67.5 Å². The summed E-state index contributed by atoms with van der Waals surface area (Å²) in [7, 11) is 2.05. The number of halogens is 1. The van der Waals surface area contributed by atoms with E-state index in [-0.39, 0.29) is 11.8 Å². The van der Waals surface area contributed by atoms with Gasteiger partial charge in [0.1, 0.15) is 5.75 Å². The molecular weight excluding hydrogens is 372 g/mol. The first kappa shape index (κ1) is 20.7. The van der Waals surface area contributed by atoms with Crippen molar-refractivity contribution in [2.24, 2.45) is 0 Å². The molecule has 0 bridgehead atoms. The Kier molecular flexibility index (Phi) is 7.46. The van der Waals surface area contributed by atoms with Gasteiger partial charge in [0.15, 0.2) is 0 Å². The Bertz CT molecular complexity index is 808. The van der Waals surface area contributed by atoms with Crippen molar-refractivity contribution in [2.45, 2.75) is 12.5 Å². The fourth-order valence-corrected chi connectivity index (χ4v) is 3.83. The number of nitrogens with one attached hydrogen (secondary N) is 1. The maximum atomic E-state index is 12.4. The van der Waals surface area contributed by atoms with Crippen molar-refractivity contribution < 1.29 is 13.2 Å². The first-order valence-corrected chi connectivity index (χ1v) is 10.4. The van der Waals surface area contributed by atoms with Crippen LogP contribution in [0.25, 0.3) is 0 Å². The highest BCUT2D eigenvalue weighted by atomic mass is 35.5. The van der Waals surface area contributed by atoms with E-state index >= 15 is 0 Å². The van der Waals surface area contributed by atoms with Crippen LogP contribution in [0.1, 0.15) is 17.2 Å². The molecule has 1 unspecified atom stereocenters. The number of hydrogen-bond donors (Lipinski definition) is 1. The Hall–Kier alpha value is -1.60. The van der Waals surface area contributed by atoms with Crippen molar-refractivity contribution in [3.05, 3.63) is 64.7 Å². The summed E-state index contributed by atoms with van der Waals surface area (Å²) < 4.78 is 32.7. The number of ether oxygens (including phenoxy) is 1. The lowest BCUT2D eigenvalue weighted by molar-refractivity contribution is 0.299. The molecule has 5 nitrogen and oxygen atoms in total. The van der Waals surface area contributed by atoms with E-state index < -0.39 is 10.0 Å². The second kappa shape index (κ2) is 9.37. The molecule has 0 radical (unpaired) electrons. The summed E-state index contributed by atoms with van der Waals surface area (Å²) in [6.45, 7) is 0.301. The lowest BCUT2D eigenvalue weighted by Crippen LogP contribution is -2.36. The predicted molar refractivity (Wildman–Crippen MR) is 106 cm³/mol. The zero-order chi connectivity index (χ0) is 19.2. The zero-order valence-corrected chi connectivity index (χ0v) is 16.8. The molecular formula is C19H25ClN2O3S. The molecule has 2 aromatic carbocycles. The minimum Gasteiger partial charge on any atom is -0.497 e.